The number of aryl methyl sites for hydroxylation is 1. The highest BCUT2D eigenvalue weighted by Crippen LogP contribution is 2.25. The van der Waals surface area contributed by atoms with Crippen molar-refractivity contribution in [3.63, 3.8) is 0 Å². The van der Waals surface area contributed by atoms with Gasteiger partial charge in [0.25, 0.3) is 0 Å². The van der Waals surface area contributed by atoms with Crippen LogP contribution >= 0.6 is 0 Å². The maximum atomic E-state index is 8.65. The molecule has 1 aliphatic heterocycles. The summed E-state index contributed by atoms with van der Waals surface area (Å²) in [5.41, 5.74) is 2.62. The summed E-state index contributed by atoms with van der Waals surface area (Å²) in [7, 11) is 0. The maximum Gasteiger partial charge on any atom is 0.105 e. The lowest BCUT2D eigenvalue weighted by Gasteiger charge is -2.28. The number of nitrogens with zero attached hydrogens (tertiary/aromatic N) is 2. The standard InChI is InChI=1S/C11H12N2/c12-7-9-13-8-3-5-10-4-1-2-6-11(10)13/h1-2,4,6H,3,5,8-9H2. The van der Waals surface area contributed by atoms with E-state index >= 15 is 0 Å². The van der Waals surface area contributed by atoms with E-state index < -0.39 is 0 Å². The summed E-state index contributed by atoms with van der Waals surface area (Å²) < 4.78 is 0. The number of fused-ring (bicyclic) bond motifs is 1. The molecule has 0 saturated heterocycles. The summed E-state index contributed by atoms with van der Waals surface area (Å²) in [6, 6.07) is 10.6. The molecule has 2 nitrogen and oxygen atoms in total. The Morgan fingerprint density at radius 2 is 2.23 bits per heavy atom. The highest BCUT2D eigenvalue weighted by atomic mass is 15.1. The largest absolute Gasteiger partial charge is 0.358 e. The monoisotopic (exact) mass is 172 g/mol. The van der Waals surface area contributed by atoms with E-state index in [-0.39, 0.29) is 0 Å². The Labute approximate surface area is 78.4 Å². The molecule has 0 saturated carbocycles. The van der Waals surface area contributed by atoms with Crippen LogP contribution in [-0.2, 0) is 6.42 Å². The van der Waals surface area contributed by atoms with Gasteiger partial charge in [0.05, 0.1) is 6.07 Å². The summed E-state index contributed by atoms with van der Waals surface area (Å²) in [4.78, 5) is 2.15. The number of hydrogen-bond donors (Lipinski definition) is 0. The van der Waals surface area contributed by atoms with Crippen LogP contribution in [0.15, 0.2) is 24.3 Å². The molecule has 13 heavy (non-hydrogen) atoms. The van der Waals surface area contributed by atoms with Crippen molar-refractivity contribution in [3.05, 3.63) is 29.8 Å². The van der Waals surface area contributed by atoms with Gasteiger partial charge >= 0.3 is 0 Å². The predicted molar refractivity (Wildman–Crippen MR) is 52.6 cm³/mol. The predicted octanol–water partition coefficient (Wildman–Crippen LogP) is 1.96. The fourth-order valence-corrected chi connectivity index (χ4v) is 1.86. The molecule has 0 amide bonds. The van der Waals surface area contributed by atoms with Crippen LogP contribution in [0.2, 0.25) is 0 Å². The summed E-state index contributed by atoms with van der Waals surface area (Å²) >= 11 is 0. The SMILES string of the molecule is N#CCN1CCCc2ccccc21. The molecule has 0 atom stereocenters. The lowest BCUT2D eigenvalue weighted by atomic mass is 10.0. The molecule has 2 heteroatoms. The third-order valence-corrected chi connectivity index (χ3v) is 2.47. The fourth-order valence-electron chi connectivity index (χ4n) is 1.86. The third-order valence-electron chi connectivity index (χ3n) is 2.47. The second-order valence-electron chi connectivity index (χ2n) is 3.31. The first kappa shape index (κ1) is 8.12. The quantitative estimate of drug-likeness (QED) is 0.605. The van der Waals surface area contributed by atoms with Crippen molar-refractivity contribution in [3.8, 4) is 6.07 Å². The smallest absolute Gasteiger partial charge is 0.105 e. The zero-order valence-electron chi connectivity index (χ0n) is 7.53. The summed E-state index contributed by atoms with van der Waals surface area (Å²) in [5, 5.41) is 8.65. The molecule has 0 radical (unpaired) electrons. The summed E-state index contributed by atoms with van der Waals surface area (Å²) in [6.07, 6.45) is 2.32. The zero-order valence-corrected chi connectivity index (χ0v) is 7.53. The molecule has 1 aromatic carbocycles. The number of benzene rings is 1. The van der Waals surface area contributed by atoms with E-state index in [0.717, 1.165) is 13.0 Å². The Hall–Kier alpha value is -1.49. The van der Waals surface area contributed by atoms with Gasteiger partial charge in [-0.1, -0.05) is 18.2 Å². The molecule has 66 valence electrons. The van der Waals surface area contributed by atoms with E-state index in [1.807, 2.05) is 6.07 Å². The molecule has 1 aromatic rings. The molecule has 0 aliphatic carbocycles. The highest BCUT2D eigenvalue weighted by molar-refractivity contribution is 5.55. The molecule has 0 aromatic heterocycles. The highest BCUT2D eigenvalue weighted by Gasteiger charge is 2.14. The van der Waals surface area contributed by atoms with Gasteiger partial charge < -0.3 is 4.90 Å². The van der Waals surface area contributed by atoms with Gasteiger partial charge in [-0.2, -0.15) is 5.26 Å². The average molecular weight is 172 g/mol. The van der Waals surface area contributed by atoms with Crippen LogP contribution in [-0.4, -0.2) is 13.1 Å². The van der Waals surface area contributed by atoms with Crippen LogP contribution in [0.1, 0.15) is 12.0 Å². The van der Waals surface area contributed by atoms with Gasteiger partial charge in [0.15, 0.2) is 0 Å². The minimum absolute atomic E-state index is 0.511. The number of para-hydroxylation sites is 1. The van der Waals surface area contributed by atoms with Crippen molar-refractivity contribution in [2.75, 3.05) is 18.0 Å². The molecule has 1 heterocycles. The van der Waals surface area contributed by atoms with Crippen LogP contribution in [0.4, 0.5) is 5.69 Å². The molecular formula is C11H12N2. The van der Waals surface area contributed by atoms with Crippen molar-refractivity contribution in [2.24, 2.45) is 0 Å². The Bertz CT molecular complexity index is 338. The van der Waals surface area contributed by atoms with Gasteiger partial charge in [0.2, 0.25) is 0 Å². The van der Waals surface area contributed by atoms with E-state index in [4.69, 9.17) is 5.26 Å². The lowest BCUT2D eigenvalue weighted by molar-refractivity contribution is 0.725. The Morgan fingerprint density at radius 3 is 3.08 bits per heavy atom. The van der Waals surface area contributed by atoms with E-state index in [0.29, 0.717) is 6.54 Å². The van der Waals surface area contributed by atoms with Crippen molar-refractivity contribution >= 4 is 5.69 Å². The first-order valence-electron chi connectivity index (χ1n) is 4.61. The van der Waals surface area contributed by atoms with Gasteiger partial charge in [-0.25, -0.2) is 0 Å². The Kier molecular flexibility index (Phi) is 2.18. The molecule has 0 bridgehead atoms. The Morgan fingerprint density at radius 1 is 1.38 bits per heavy atom. The lowest BCUT2D eigenvalue weighted by Crippen LogP contribution is -2.29. The van der Waals surface area contributed by atoms with Crippen molar-refractivity contribution in [2.45, 2.75) is 12.8 Å². The summed E-state index contributed by atoms with van der Waals surface area (Å²) in [5.74, 6) is 0. The molecule has 0 fully saturated rings. The minimum Gasteiger partial charge on any atom is -0.358 e. The van der Waals surface area contributed by atoms with E-state index in [9.17, 15) is 0 Å². The van der Waals surface area contributed by atoms with Gasteiger partial charge in [-0.3, -0.25) is 0 Å². The summed E-state index contributed by atoms with van der Waals surface area (Å²) in [6.45, 7) is 1.53. The minimum atomic E-state index is 0.511. The first-order chi connectivity index (χ1) is 6.42. The zero-order chi connectivity index (χ0) is 9.10. The average Bonchev–Trinajstić information content (AvgIpc) is 2.19. The molecule has 0 spiro atoms. The second-order valence-corrected chi connectivity index (χ2v) is 3.31. The molecule has 2 rings (SSSR count). The van der Waals surface area contributed by atoms with Crippen LogP contribution < -0.4 is 4.90 Å². The maximum absolute atomic E-state index is 8.65. The van der Waals surface area contributed by atoms with Gasteiger partial charge in [-0.15, -0.1) is 0 Å². The van der Waals surface area contributed by atoms with Gasteiger partial charge in [0, 0.05) is 12.2 Å². The van der Waals surface area contributed by atoms with E-state index in [1.54, 1.807) is 0 Å². The van der Waals surface area contributed by atoms with Crippen LogP contribution in [0.5, 0.6) is 0 Å². The topological polar surface area (TPSA) is 27.0 Å². The van der Waals surface area contributed by atoms with Crippen LogP contribution in [0, 0.1) is 11.3 Å². The second kappa shape index (κ2) is 3.49. The fraction of sp³-hybridized carbons (Fsp3) is 0.364. The normalized spacial score (nSPS) is 14.8. The van der Waals surface area contributed by atoms with Crippen molar-refractivity contribution in [1.29, 1.82) is 5.26 Å². The number of rotatable bonds is 1. The number of nitriles is 1. The van der Waals surface area contributed by atoms with E-state index in [2.05, 4.69) is 29.2 Å². The Balaban J connectivity index is 2.32. The van der Waals surface area contributed by atoms with E-state index in [1.165, 1.54) is 17.7 Å². The van der Waals surface area contributed by atoms with Crippen molar-refractivity contribution < 1.29 is 0 Å². The van der Waals surface area contributed by atoms with Crippen molar-refractivity contribution in [1.82, 2.24) is 0 Å². The molecule has 0 N–H and O–H groups in total. The number of anilines is 1. The molecular weight excluding hydrogens is 160 g/mol. The molecule has 0 unspecified atom stereocenters. The number of hydrogen-bond acceptors (Lipinski definition) is 2. The third kappa shape index (κ3) is 1.50. The van der Waals surface area contributed by atoms with Gasteiger partial charge in [-0.05, 0) is 24.5 Å². The van der Waals surface area contributed by atoms with Crippen LogP contribution in [0.25, 0.3) is 0 Å². The first-order valence-corrected chi connectivity index (χ1v) is 4.61. The molecule has 1 aliphatic rings. The van der Waals surface area contributed by atoms with Gasteiger partial charge in [0.1, 0.15) is 6.54 Å². The van der Waals surface area contributed by atoms with Crippen LogP contribution in [0.3, 0.4) is 0 Å².